The lowest BCUT2D eigenvalue weighted by molar-refractivity contribution is 0.288. The Hall–Kier alpha value is -0.450. The standard InChI is InChI=1S/C14H20BrFN2/c15-12-5-4-11(8-13(12)16)14(9-17)18-7-6-10-2-1-3-10/h4-5,8,10,14,18H,1-3,6-7,9,17H2. The van der Waals surface area contributed by atoms with E-state index in [1.165, 1.54) is 25.7 Å². The SMILES string of the molecule is NCC(NCCC1CCC1)c1ccc(Br)c(F)c1. The van der Waals surface area contributed by atoms with Gasteiger partial charge in [-0.15, -0.1) is 0 Å². The van der Waals surface area contributed by atoms with Crippen molar-refractivity contribution in [1.82, 2.24) is 5.32 Å². The van der Waals surface area contributed by atoms with Crippen LogP contribution in [0, 0.1) is 11.7 Å². The van der Waals surface area contributed by atoms with Crippen LogP contribution in [0.15, 0.2) is 22.7 Å². The van der Waals surface area contributed by atoms with E-state index in [9.17, 15) is 4.39 Å². The molecule has 1 saturated carbocycles. The number of hydrogen-bond acceptors (Lipinski definition) is 2. The van der Waals surface area contributed by atoms with Gasteiger partial charge in [-0.3, -0.25) is 0 Å². The second-order valence-corrected chi connectivity index (χ2v) is 5.86. The lowest BCUT2D eigenvalue weighted by atomic mass is 9.83. The van der Waals surface area contributed by atoms with E-state index in [4.69, 9.17) is 5.73 Å². The molecule has 0 amide bonds. The van der Waals surface area contributed by atoms with E-state index < -0.39 is 0 Å². The Morgan fingerprint density at radius 2 is 2.22 bits per heavy atom. The number of benzene rings is 1. The largest absolute Gasteiger partial charge is 0.329 e. The number of nitrogens with two attached hydrogens (primary N) is 1. The number of halogens is 2. The van der Waals surface area contributed by atoms with Crippen LogP contribution in [0.4, 0.5) is 4.39 Å². The van der Waals surface area contributed by atoms with Gasteiger partial charge in [0.15, 0.2) is 0 Å². The van der Waals surface area contributed by atoms with Gasteiger partial charge in [-0.1, -0.05) is 25.3 Å². The minimum atomic E-state index is -0.230. The van der Waals surface area contributed by atoms with E-state index in [-0.39, 0.29) is 11.9 Å². The van der Waals surface area contributed by atoms with Gasteiger partial charge < -0.3 is 11.1 Å². The first kappa shape index (κ1) is 14.0. The van der Waals surface area contributed by atoms with E-state index in [1.807, 2.05) is 6.07 Å². The zero-order valence-electron chi connectivity index (χ0n) is 10.5. The maximum absolute atomic E-state index is 13.5. The minimum absolute atomic E-state index is 0.0488. The van der Waals surface area contributed by atoms with Gasteiger partial charge in [0.2, 0.25) is 0 Å². The maximum Gasteiger partial charge on any atom is 0.137 e. The van der Waals surface area contributed by atoms with Crippen molar-refractivity contribution in [1.29, 1.82) is 0 Å². The summed E-state index contributed by atoms with van der Waals surface area (Å²) in [6.45, 7) is 1.45. The van der Waals surface area contributed by atoms with Crippen molar-refractivity contribution in [3.8, 4) is 0 Å². The monoisotopic (exact) mass is 314 g/mol. The highest BCUT2D eigenvalue weighted by molar-refractivity contribution is 9.10. The Kier molecular flexibility index (Phi) is 5.15. The smallest absolute Gasteiger partial charge is 0.137 e. The topological polar surface area (TPSA) is 38.0 Å². The van der Waals surface area contributed by atoms with E-state index in [0.29, 0.717) is 11.0 Å². The molecule has 2 rings (SSSR count). The highest BCUT2D eigenvalue weighted by Gasteiger charge is 2.17. The summed E-state index contributed by atoms with van der Waals surface area (Å²) < 4.78 is 14.0. The molecule has 4 heteroatoms. The molecule has 1 fully saturated rings. The van der Waals surface area contributed by atoms with E-state index in [2.05, 4.69) is 21.2 Å². The lowest BCUT2D eigenvalue weighted by Gasteiger charge is -2.26. The van der Waals surface area contributed by atoms with Crippen LogP contribution in [0.25, 0.3) is 0 Å². The number of nitrogens with one attached hydrogen (secondary N) is 1. The summed E-state index contributed by atoms with van der Waals surface area (Å²) in [5.74, 6) is 0.657. The average Bonchev–Trinajstić information content (AvgIpc) is 2.31. The van der Waals surface area contributed by atoms with Crippen molar-refractivity contribution in [3.63, 3.8) is 0 Å². The molecule has 0 spiro atoms. The van der Waals surface area contributed by atoms with Crippen LogP contribution < -0.4 is 11.1 Å². The van der Waals surface area contributed by atoms with Crippen LogP contribution >= 0.6 is 15.9 Å². The zero-order valence-corrected chi connectivity index (χ0v) is 12.0. The van der Waals surface area contributed by atoms with Crippen LogP contribution in [-0.2, 0) is 0 Å². The molecule has 3 N–H and O–H groups in total. The van der Waals surface area contributed by atoms with Gasteiger partial charge in [0.05, 0.1) is 4.47 Å². The predicted molar refractivity (Wildman–Crippen MR) is 75.9 cm³/mol. The molecule has 0 bridgehead atoms. The fourth-order valence-electron chi connectivity index (χ4n) is 2.31. The second kappa shape index (κ2) is 6.64. The van der Waals surface area contributed by atoms with Crippen molar-refractivity contribution in [2.75, 3.05) is 13.1 Å². The zero-order chi connectivity index (χ0) is 13.0. The summed E-state index contributed by atoms with van der Waals surface area (Å²) in [4.78, 5) is 0. The molecular weight excluding hydrogens is 295 g/mol. The quantitative estimate of drug-likeness (QED) is 0.845. The molecule has 0 radical (unpaired) electrons. The van der Waals surface area contributed by atoms with Crippen LogP contribution in [0.1, 0.15) is 37.3 Å². The van der Waals surface area contributed by atoms with Crippen molar-refractivity contribution < 1.29 is 4.39 Å². The fourth-order valence-corrected chi connectivity index (χ4v) is 2.56. The predicted octanol–water partition coefficient (Wildman–Crippen LogP) is 3.37. The molecule has 18 heavy (non-hydrogen) atoms. The molecule has 0 heterocycles. The van der Waals surface area contributed by atoms with Gasteiger partial charge in [-0.2, -0.15) is 0 Å². The van der Waals surface area contributed by atoms with E-state index in [1.54, 1.807) is 12.1 Å². The van der Waals surface area contributed by atoms with Crippen molar-refractivity contribution in [3.05, 3.63) is 34.1 Å². The molecular formula is C14H20BrFN2. The normalized spacial score (nSPS) is 17.5. The molecule has 1 aromatic carbocycles. The first-order chi connectivity index (χ1) is 8.70. The van der Waals surface area contributed by atoms with Crippen molar-refractivity contribution in [2.24, 2.45) is 11.7 Å². The molecule has 100 valence electrons. The Balaban J connectivity index is 1.87. The van der Waals surface area contributed by atoms with Gasteiger partial charge in [-0.05, 0) is 52.5 Å². The Morgan fingerprint density at radius 1 is 1.44 bits per heavy atom. The summed E-state index contributed by atoms with van der Waals surface area (Å²) >= 11 is 3.16. The van der Waals surface area contributed by atoms with Crippen molar-refractivity contribution >= 4 is 15.9 Å². The summed E-state index contributed by atoms with van der Waals surface area (Å²) in [5.41, 5.74) is 6.68. The third kappa shape index (κ3) is 3.53. The van der Waals surface area contributed by atoms with Crippen LogP contribution in [0.2, 0.25) is 0 Å². The van der Waals surface area contributed by atoms with Gasteiger partial charge in [0.25, 0.3) is 0 Å². The molecule has 0 aromatic heterocycles. The van der Waals surface area contributed by atoms with Crippen molar-refractivity contribution in [2.45, 2.75) is 31.7 Å². The van der Waals surface area contributed by atoms with Gasteiger partial charge in [-0.25, -0.2) is 4.39 Å². The Bertz CT molecular complexity index is 393. The highest BCUT2D eigenvalue weighted by atomic mass is 79.9. The maximum atomic E-state index is 13.5. The lowest BCUT2D eigenvalue weighted by Crippen LogP contribution is -2.30. The first-order valence-electron chi connectivity index (χ1n) is 6.59. The molecule has 1 unspecified atom stereocenters. The van der Waals surface area contributed by atoms with E-state index >= 15 is 0 Å². The summed E-state index contributed by atoms with van der Waals surface area (Å²) in [5, 5.41) is 3.42. The number of hydrogen-bond donors (Lipinski definition) is 2. The second-order valence-electron chi connectivity index (χ2n) is 5.00. The van der Waals surface area contributed by atoms with E-state index in [0.717, 1.165) is 18.0 Å². The summed E-state index contributed by atoms with van der Waals surface area (Å²) in [6.07, 6.45) is 5.31. The first-order valence-corrected chi connectivity index (χ1v) is 7.38. The average molecular weight is 315 g/mol. The molecule has 1 aliphatic rings. The highest BCUT2D eigenvalue weighted by Crippen LogP contribution is 2.29. The third-order valence-electron chi connectivity index (χ3n) is 3.75. The van der Waals surface area contributed by atoms with Gasteiger partial charge >= 0.3 is 0 Å². The molecule has 1 atom stereocenters. The fraction of sp³-hybridized carbons (Fsp3) is 0.571. The summed E-state index contributed by atoms with van der Waals surface area (Å²) in [7, 11) is 0. The molecule has 0 saturated heterocycles. The molecule has 2 nitrogen and oxygen atoms in total. The van der Waals surface area contributed by atoms with Gasteiger partial charge in [0, 0.05) is 12.6 Å². The number of rotatable bonds is 6. The molecule has 1 aromatic rings. The van der Waals surface area contributed by atoms with Crippen LogP contribution in [0.5, 0.6) is 0 Å². The molecule has 0 aliphatic heterocycles. The minimum Gasteiger partial charge on any atom is -0.329 e. The Morgan fingerprint density at radius 3 is 2.78 bits per heavy atom. The van der Waals surface area contributed by atoms with Crippen LogP contribution in [0.3, 0.4) is 0 Å². The van der Waals surface area contributed by atoms with Gasteiger partial charge in [0.1, 0.15) is 5.82 Å². The molecule has 1 aliphatic carbocycles. The summed E-state index contributed by atoms with van der Waals surface area (Å²) in [6, 6.07) is 5.26. The van der Waals surface area contributed by atoms with Crippen LogP contribution in [-0.4, -0.2) is 13.1 Å². The third-order valence-corrected chi connectivity index (χ3v) is 4.39. The Labute approximate surface area is 116 Å².